The zero-order valence-electron chi connectivity index (χ0n) is 11.7. The summed E-state index contributed by atoms with van der Waals surface area (Å²) >= 11 is 9.81. The quantitative estimate of drug-likeness (QED) is 0.857. The van der Waals surface area contributed by atoms with E-state index in [-0.39, 0.29) is 6.04 Å². The molecular formula is C16H17BrClNO. The molecule has 0 radical (unpaired) electrons. The van der Waals surface area contributed by atoms with E-state index < -0.39 is 0 Å². The van der Waals surface area contributed by atoms with Gasteiger partial charge in [0.1, 0.15) is 5.75 Å². The summed E-state index contributed by atoms with van der Waals surface area (Å²) in [7, 11) is 3.60. The molecule has 0 aliphatic rings. The van der Waals surface area contributed by atoms with Gasteiger partial charge in [-0.15, -0.1) is 0 Å². The van der Waals surface area contributed by atoms with Crippen molar-refractivity contribution in [2.45, 2.75) is 13.0 Å². The summed E-state index contributed by atoms with van der Waals surface area (Å²) in [4.78, 5) is 0. The van der Waals surface area contributed by atoms with Crippen molar-refractivity contribution in [1.29, 1.82) is 0 Å². The fourth-order valence-corrected chi connectivity index (χ4v) is 2.98. The van der Waals surface area contributed by atoms with Crippen molar-refractivity contribution in [1.82, 2.24) is 5.32 Å². The molecule has 20 heavy (non-hydrogen) atoms. The van der Waals surface area contributed by atoms with E-state index in [1.165, 1.54) is 5.56 Å². The average molecular weight is 355 g/mol. The number of halogens is 2. The highest BCUT2D eigenvalue weighted by molar-refractivity contribution is 9.10. The lowest BCUT2D eigenvalue weighted by Gasteiger charge is -2.22. The average Bonchev–Trinajstić information content (AvgIpc) is 2.44. The molecule has 1 atom stereocenters. The van der Waals surface area contributed by atoms with Crippen molar-refractivity contribution < 1.29 is 4.74 Å². The number of rotatable bonds is 4. The summed E-state index contributed by atoms with van der Waals surface area (Å²) in [5, 5.41) is 4.03. The van der Waals surface area contributed by atoms with E-state index in [2.05, 4.69) is 46.4 Å². The van der Waals surface area contributed by atoms with E-state index in [1.54, 1.807) is 7.11 Å². The molecule has 1 N–H and O–H groups in total. The summed E-state index contributed by atoms with van der Waals surface area (Å²) in [5.41, 5.74) is 3.38. The molecule has 2 aromatic carbocycles. The van der Waals surface area contributed by atoms with Crippen LogP contribution >= 0.6 is 27.5 Å². The highest BCUT2D eigenvalue weighted by Gasteiger charge is 2.19. The van der Waals surface area contributed by atoms with Crippen LogP contribution in [0, 0.1) is 6.92 Å². The van der Waals surface area contributed by atoms with Gasteiger partial charge in [-0.25, -0.2) is 0 Å². The van der Waals surface area contributed by atoms with Crippen LogP contribution < -0.4 is 10.1 Å². The zero-order chi connectivity index (χ0) is 14.7. The van der Waals surface area contributed by atoms with Crippen LogP contribution in [0.3, 0.4) is 0 Å². The second-order valence-electron chi connectivity index (χ2n) is 4.59. The van der Waals surface area contributed by atoms with E-state index in [1.807, 2.05) is 25.2 Å². The number of nitrogens with one attached hydrogen (secondary N) is 1. The molecule has 0 fully saturated rings. The van der Waals surface area contributed by atoms with Crippen LogP contribution in [0.1, 0.15) is 22.7 Å². The molecular weight excluding hydrogens is 338 g/mol. The summed E-state index contributed by atoms with van der Waals surface area (Å²) in [6.07, 6.45) is 0. The normalized spacial score (nSPS) is 12.2. The molecule has 0 aliphatic carbocycles. The minimum atomic E-state index is 0.0120. The Morgan fingerprint density at radius 1 is 1.20 bits per heavy atom. The molecule has 0 saturated carbocycles. The van der Waals surface area contributed by atoms with Gasteiger partial charge < -0.3 is 10.1 Å². The number of hydrogen-bond donors (Lipinski definition) is 1. The lowest BCUT2D eigenvalue weighted by atomic mass is 9.96. The number of aryl methyl sites for hydroxylation is 1. The third kappa shape index (κ3) is 3.00. The highest BCUT2D eigenvalue weighted by Crippen LogP contribution is 2.36. The van der Waals surface area contributed by atoms with E-state index >= 15 is 0 Å². The lowest BCUT2D eigenvalue weighted by Crippen LogP contribution is -2.19. The number of methoxy groups -OCH3 is 1. The van der Waals surface area contributed by atoms with Crippen molar-refractivity contribution in [3.05, 3.63) is 62.6 Å². The van der Waals surface area contributed by atoms with Gasteiger partial charge in [0.25, 0.3) is 0 Å². The van der Waals surface area contributed by atoms with Crippen LogP contribution in [0.25, 0.3) is 0 Å². The molecule has 106 valence electrons. The van der Waals surface area contributed by atoms with Crippen molar-refractivity contribution in [3.63, 3.8) is 0 Å². The standard InChI is InChI=1S/C16H17BrClNO/c1-10-5-4-6-12(15(10)17)16(19-2)13-9-11(18)7-8-14(13)20-3/h4-9,16,19H,1-3H3. The Morgan fingerprint density at radius 2 is 1.95 bits per heavy atom. The van der Waals surface area contributed by atoms with Crippen molar-refractivity contribution in [2.75, 3.05) is 14.2 Å². The largest absolute Gasteiger partial charge is 0.496 e. The molecule has 2 aromatic rings. The van der Waals surface area contributed by atoms with Gasteiger partial charge in [-0.3, -0.25) is 0 Å². The molecule has 0 aliphatic heterocycles. The third-order valence-corrected chi connectivity index (χ3v) is 4.64. The van der Waals surface area contributed by atoms with Crippen LogP contribution in [0.2, 0.25) is 5.02 Å². The maximum atomic E-state index is 6.14. The van der Waals surface area contributed by atoms with E-state index in [0.717, 1.165) is 21.3 Å². The summed E-state index contributed by atoms with van der Waals surface area (Å²) in [5.74, 6) is 0.821. The summed E-state index contributed by atoms with van der Waals surface area (Å²) in [6.45, 7) is 2.08. The molecule has 2 nitrogen and oxygen atoms in total. The van der Waals surface area contributed by atoms with Gasteiger partial charge in [0.15, 0.2) is 0 Å². The van der Waals surface area contributed by atoms with Crippen molar-refractivity contribution in [3.8, 4) is 5.75 Å². The minimum Gasteiger partial charge on any atom is -0.496 e. The van der Waals surface area contributed by atoms with Gasteiger partial charge in [-0.05, 0) is 43.3 Å². The van der Waals surface area contributed by atoms with E-state index in [4.69, 9.17) is 16.3 Å². The summed E-state index contributed by atoms with van der Waals surface area (Å²) in [6, 6.07) is 11.9. The molecule has 0 amide bonds. The molecule has 0 bridgehead atoms. The van der Waals surface area contributed by atoms with Crippen molar-refractivity contribution in [2.24, 2.45) is 0 Å². The van der Waals surface area contributed by atoms with Crippen LogP contribution in [-0.4, -0.2) is 14.2 Å². The van der Waals surface area contributed by atoms with Crippen molar-refractivity contribution >= 4 is 27.5 Å². The first kappa shape index (κ1) is 15.4. The highest BCUT2D eigenvalue weighted by atomic mass is 79.9. The molecule has 2 rings (SSSR count). The van der Waals surface area contributed by atoms with E-state index in [0.29, 0.717) is 5.02 Å². The number of ether oxygens (including phenoxy) is 1. The maximum absolute atomic E-state index is 6.14. The smallest absolute Gasteiger partial charge is 0.124 e. The Morgan fingerprint density at radius 3 is 2.60 bits per heavy atom. The Labute approximate surface area is 133 Å². The minimum absolute atomic E-state index is 0.0120. The second kappa shape index (κ2) is 6.61. The number of hydrogen-bond acceptors (Lipinski definition) is 2. The molecule has 0 spiro atoms. The van der Waals surface area contributed by atoms with Gasteiger partial charge in [0.2, 0.25) is 0 Å². The maximum Gasteiger partial charge on any atom is 0.124 e. The SMILES string of the molecule is CNC(c1cc(Cl)ccc1OC)c1cccc(C)c1Br. The fourth-order valence-electron chi connectivity index (χ4n) is 2.30. The molecule has 0 aromatic heterocycles. The summed E-state index contributed by atoms with van der Waals surface area (Å²) < 4.78 is 6.56. The molecule has 4 heteroatoms. The predicted molar refractivity (Wildman–Crippen MR) is 87.8 cm³/mol. The Balaban J connectivity index is 2.58. The van der Waals surface area contributed by atoms with Gasteiger partial charge in [0.05, 0.1) is 13.2 Å². The fraction of sp³-hybridized carbons (Fsp3) is 0.250. The van der Waals surface area contributed by atoms with Crippen LogP contribution in [0.4, 0.5) is 0 Å². The van der Waals surface area contributed by atoms with E-state index in [9.17, 15) is 0 Å². The predicted octanol–water partition coefficient (Wildman–Crippen LogP) is 4.73. The first-order valence-electron chi connectivity index (χ1n) is 6.34. The number of benzene rings is 2. The van der Waals surface area contributed by atoms with Crippen LogP contribution in [0.15, 0.2) is 40.9 Å². The molecule has 0 saturated heterocycles. The van der Waals surface area contributed by atoms with Gasteiger partial charge in [-0.1, -0.05) is 45.7 Å². The Hall–Kier alpha value is -1.03. The first-order valence-corrected chi connectivity index (χ1v) is 7.51. The first-order chi connectivity index (χ1) is 9.58. The topological polar surface area (TPSA) is 21.3 Å². The van der Waals surface area contributed by atoms with Crippen LogP contribution in [0.5, 0.6) is 5.75 Å². The van der Waals surface area contributed by atoms with Gasteiger partial charge >= 0.3 is 0 Å². The van der Waals surface area contributed by atoms with Gasteiger partial charge in [-0.2, -0.15) is 0 Å². The Kier molecular flexibility index (Phi) is 5.08. The zero-order valence-corrected chi connectivity index (χ0v) is 14.0. The van der Waals surface area contributed by atoms with Gasteiger partial charge in [0, 0.05) is 15.1 Å². The monoisotopic (exact) mass is 353 g/mol. The molecule has 1 unspecified atom stereocenters. The third-order valence-electron chi connectivity index (χ3n) is 3.32. The molecule has 0 heterocycles. The second-order valence-corrected chi connectivity index (χ2v) is 5.82. The van der Waals surface area contributed by atoms with Crippen LogP contribution in [-0.2, 0) is 0 Å². The Bertz CT molecular complexity index is 615. The lowest BCUT2D eigenvalue weighted by molar-refractivity contribution is 0.405.